The molecule has 19 nitrogen and oxygen atoms in total. The van der Waals surface area contributed by atoms with Crippen LogP contribution in [0.1, 0.15) is 61.6 Å². The van der Waals surface area contributed by atoms with Gasteiger partial charge in [0, 0.05) is 52.4 Å². The van der Waals surface area contributed by atoms with Crippen LogP contribution in [0.3, 0.4) is 0 Å². The van der Waals surface area contributed by atoms with E-state index >= 15 is 0 Å². The number of fused-ring (bicyclic) bond motifs is 2. The first-order valence-electron chi connectivity index (χ1n) is 17.5. The van der Waals surface area contributed by atoms with Gasteiger partial charge < -0.3 is 54.8 Å². The van der Waals surface area contributed by atoms with Crippen molar-refractivity contribution in [3.8, 4) is 0 Å². The van der Waals surface area contributed by atoms with Crippen LogP contribution in [-0.4, -0.2) is 152 Å². The van der Waals surface area contributed by atoms with Crippen molar-refractivity contribution in [3.05, 3.63) is 12.7 Å². The molecule has 2 aromatic heterocycles. The maximum Gasteiger partial charge on any atom is 0.410 e. The summed E-state index contributed by atoms with van der Waals surface area (Å²) in [6, 6.07) is 0. The lowest BCUT2D eigenvalue weighted by Gasteiger charge is -2.33. The predicted octanol–water partition coefficient (Wildman–Crippen LogP) is 0.848. The number of imidazole rings is 1. The number of carbonyl (C=O) groups is 4. The maximum absolute atomic E-state index is 13.6. The molecule has 3 saturated heterocycles. The predicted molar refractivity (Wildman–Crippen MR) is 186 cm³/mol. The van der Waals surface area contributed by atoms with Crippen LogP contribution < -0.4 is 16.4 Å². The molecule has 288 valence electrons. The van der Waals surface area contributed by atoms with E-state index in [-0.39, 0.29) is 51.0 Å². The molecular weight excluding hydrogens is 680 g/mol. The Morgan fingerprint density at radius 1 is 0.865 bits per heavy atom. The molecule has 0 saturated carbocycles. The second-order valence-corrected chi connectivity index (χ2v) is 15.4. The van der Waals surface area contributed by atoms with E-state index in [1.54, 1.807) is 69.8 Å². The summed E-state index contributed by atoms with van der Waals surface area (Å²) >= 11 is 0. The number of ether oxygens (including phenoxy) is 5. The van der Waals surface area contributed by atoms with Gasteiger partial charge in [0.05, 0.1) is 12.9 Å². The molecule has 3 fully saturated rings. The Hall–Kier alpha value is -4.33. The largest absolute Gasteiger partial charge is 0.444 e. The average molecular weight is 733 g/mol. The molecule has 19 heteroatoms. The van der Waals surface area contributed by atoms with E-state index in [2.05, 4.69) is 25.6 Å². The topological polar surface area (TPSA) is 218 Å². The smallest absolute Gasteiger partial charge is 0.410 e. The number of aromatic nitrogens is 4. The number of hydrogen-bond acceptors (Lipinski definition) is 14. The summed E-state index contributed by atoms with van der Waals surface area (Å²) in [5.41, 5.74) is 5.32. The lowest BCUT2D eigenvalue weighted by molar-refractivity contribution is -0.197. The minimum Gasteiger partial charge on any atom is -0.444 e. The number of nitrogens with one attached hydrogen (secondary N) is 2. The highest BCUT2D eigenvalue weighted by Gasteiger charge is 2.58. The molecule has 0 spiro atoms. The number of anilines is 1. The number of carbonyl (C=O) groups excluding carboxylic acids is 4. The fourth-order valence-electron chi connectivity index (χ4n) is 6.08. The molecule has 0 bridgehead atoms. The van der Waals surface area contributed by atoms with Gasteiger partial charge in [0.2, 0.25) is 5.91 Å². The third kappa shape index (κ3) is 9.55. The van der Waals surface area contributed by atoms with Crippen molar-refractivity contribution in [2.45, 2.75) is 96.9 Å². The lowest BCUT2D eigenvalue weighted by Crippen LogP contribution is -2.52. The molecule has 0 radical (unpaired) electrons. The maximum atomic E-state index is 13.6. The third-order valence-electron chi connectivity index (χ3n) is 8.42. The van der Waals surface area contributed by atoms with Gasteiger partial charge in [-0.1, -0.05) is 0 Å². The van der Waals surface area contributed by atoms with E-state index in [0.29, 0.717) is 30.8 Å². The first-order chi connectivity index (χ1) is 24.3. The van der Waals surface area contributed by atoms with Crippen molar-refractivity contribution < 1.29 is 42.9 Å². The van der Waals surface area contributed by atoms with Gasteiger partial charge in [-0.3, -0.25) is 14.2 Å². The van der Waals surface area contributed by atoms with Crippen molar-refractivity contribution in [3.63, 3.8) is 0 Å². The van der Waals surface area contributed by atoms with E-state index in [9.17, 15) is 19.2 Å². The zero-order chi connectivity index (χ0) is 38.0. The summed E-state index contributed by atoms with van der Waals surface area (Å²) in [6.07, 6.45) is -1.68. The molecule has 3 aliphatic heterocycles. The molecular formula is C33H52N10O9. The van der Waals surface area contributed by atoms with Gasteiger partial charge in [0.1, 0.15) is 35.3 Å². The van der Waals surface area contributed by atoms with Crippen LogP contribution in [0.2, 0.25) is 0 Å². The second kappa shape index (κ2) is 15.3. The van der Waals surface area contributed by atoms with Crippen LogP contribution in [0, 0.1) is 0 Å². The zero-order valence-electron chi connectivity index (χ0n) is 31.2. The molecule has 52 heavy (non-hydrogen) atoms. The number of nitrogens with two attached hydrogens (primary N) is 1. The minimum absolute atomic E-state index is 0.126. The van der Waals surface area contributed by atoms with Gasteiger partial charge in [-0.05, 0) is 55.4 Å². The Labute approximate surface area is 302 Å². The number of nitrogen functional groups attached to an aromatic ring is 1. The highest BCUT2D eigenvalue weighted by atomic mass is 16.8. The van der Waals surface area contributed by atoms with Gasteiger partial charge in [-0.2, -0.15) is 0 Å². The van der Waals surface area contributed by atoms with E-state index < -0.39 is 59.6 Å². The minimum atomic E-state index is -1.12. The Morgan fingerprint density at radius 2 is 1.42 bits per heavy atom. The fourth-order valence-corrected chi connectivity index (χ4v) is 6.08. The van der Waals surface area contributed by atoms with E-state index in [0.717, 1.165) is 0 Å². The SMILES string of the molecule is CC(C)(C)OC(=O)N1CCNCCN(C(=O)CNC(=O)C2OC(n3cnc4c(N)ncnc43)C3OC(C)(C)OC23)CCN(C(=O)OC(C)(C)C)CC1. The molecule has 4 amide bonds. The fraction of sp³-hybridized carbons (Fsp3) is 0.727. The van der Waals surface area contributed by atoms with Crippen LogP contribution in [0.15, 0.2) is 12.7 Å². The highest BCUT2D eigenvalue weighted by molar-refractivity contribution is 5.88. The first-order valence-corrected chi connectivity index (χ1v) is 17.5. The van der Waals surface area contributed by atoms with Gasteiger partial charge in [0.15, 0.2) is 29.6 Å². The average Bonchev–Trinajstić information content (AvgIpc) is 3.69. The summed E-state index contributed by atoms with van der Waals surface area (Å²) in [6.45, 7) is 15.9. The van der Waals surface area contributed by atoms with E-state index in [4.69, 9.17) is 29.4 Å². The molecule has 2 aromatic rings. The normalized spacial score (nSPS) is 24.5. The summed E-state index contributed by atoms with van der Waals surface area (Å²) in [5, 5.41) is 5.98. The quantitative estimate of drug-likeness (QED) is 0.397. The number of nitrogens with zero attached hydrogens (tertiary/aromatic N) is 7. The van der Waals surface area contributed by atoms with Crippen LogP contribution in [-0.2, 0) is 33.3 Å². The summed E-state index contributed by atoms with van der Waals surface area (Å²) < 4.78 is 31.3. The first kappa shape index (κ1) is 38.9. The van der Waals surface area contributed by atoms with Crippen LogP contribution in [0.5, 0.6) is 0 Å². The van der Waals surface area contributed by atoms with Crippen molar-refractivity contribution in [1.29, 1.82) is 0 Å². The molecule has 4 N–H and O–H groups in total. The summed E-state index contributed by atoms with van der Waals surface area (Å²) in [7, 11) is 0. The Morgan fingerprint density at radius 3 is 2.04 bits per heavy atom. The molecule has 5 rings (SSSR count). The Kier molecular flexibility index (Phi) is 11.5. The van der Waals surface area contributed by atoms with Crippen molar-refractivity contribution in [2.75, 3.05) is 64.6 Å². The summed E-state index contributed by atoms with van der Waals surface area (Å²) in [4.78, 5) is 70.6. The third-order valence-corrected chi connectivity index (χ3v) is 8.42. The van der Waals surface area contributed by atoms with Gasteiger partial charge in [0.25, 0.3) is 5.91 Å². The second-order valence-electron chi connectivity index (χ2n) is 15.4. The van der Waals surface area contributed by atoms with Crippen LogP contribution >= 0.6 is 0 Å². The number of amides is 4. The number of rotatable bonds is 4. The molecule has 0 aromatic carbocycles. The van der Waals surface area contributed by atoms with Crippen molar-refractivity contribution in [1.82, 2.24) is 44.9 Å². The van der Waals surface area contributed by atoms with Crippen molar-refractivity contribution >= 4 is 41.0 Å². The zero-order valence-corrected chi connectivity index (χ0v) is 31.2. The molecule has 5 heterocycles. The van der Waals surface area contributed by atoms with Gasteiger partial charge in [-0.25, -0.2) is 24.5 Å². The van der Waals surface area contributed by atoms with Gasteiger partial charge in [-0.15, -0.1) is 0 Å². The molecule has 4 atom stereocenters. The summed E-state index contributed by atoms with van der Waals surface area (Å²) in [5.74, 6) is -1.74. The van der Waals surface area contributed by atoms with Crippen LogP contribution in [0.4, 0.5) is 15.4 Å². The van der Waals surface area contributed by atoms with E-state index in [1.807, 2.05) is 0 Å². The Balaban J connectivity index is 1.25. The van der Waals surface area contributed by atoms with Crippen molar-refractivity contribution in [2.24, 2.45) is 0 Å². The van der Waals surface area contributed by atoms with Gasteiger partial charge >= 0.3 is 12.2 Å². The monoisotopic (exact) mass is 732 g/mol. The van der Waals surface area contributed by atoms with Crippen LogP contribution in [0.25, 0.3) is 11.2 Å². The molecule has 0 aliphatic carbocycles. The standard InChI is InChI=1S/C33H52N10O9/c1-31(2,3)51-29(46)41-12-10-35-9-11-40(13-14-42(16-15-41)30(47)52-32(4,5)6)20(44)17-36-27(45)23-22-24(50-33(7,8)49-22)28(48-23)43-19-39-21-25(34)37-18-38-26(21)43/h18-19,22-24,28,35H,9-17H2,1-8H3,(H,36,45)(H2,34,37,38). The lowest BCUT2D eigenvalue weighted by atomic mass is 10.1. The highest BCUT2D eigenvalue weighted by Crippen LogP contribution is 2.44. The van der Waals surface area contributed by atoms with E-state index in [1.165, 1.54) is 17.6 Å². The molecule has 4 unspecified atom stereocenters. The number of hydrogen-bond donors (Lipinski definition) is 3. The Bertz CT molecular complexity index is 1620. The molecule has 3 aliphatic rings.